The van der Waals surface area contributed by atoms with Crippen molar-refractivity contribution in [1.82, 2.24) is 0 Å². The first-order valence-corrected chi connectivity index (χ1v) is 11.4. The van der Waals surface area contributed by atoms with E-state index in [0.717, 1.165) is 19.3 Å². The maximum atomic E-state index is 13.6. The van der Waals surface area contributed by atoms with Crippen LogP contribution in [0.3, 0.4) is 0 Å². The summed E-state index contributed by atoms with van der Waals surface area (Å²) in [5, 5.41) is 10.9. The van der Waals surface area contributed by atoms with Crippen LogP contribution in [0.25, 0.3) is 0 Å². The van der Waals surface area contributed by atoms with Gasteiger partial charge >= 0.3 is 29.6 Å². The van der Waals surface area contributed by atoms with Gasteiger partial charge in [-0.25, -0.2) is 0 Å². The van der Waals surface area contributed by atoms with E-state index in [1.807, 2.05) is 6.92 Å². The van der Waals surface area contributed by atoms with Gasteiger partial charge in [0.15, 0.2) is 0 Å². The van der Waals surface area contributed by atoms with Gasteiger partial charge in [-0.3, -0.25) is 14.4 Å². The number of ketones is 3. The van der Waals surface area contributed by atoms with Crippen molar-refractivity contribution in [3.05, 3.63) is 0 Å². The molecule has 0 amide bonds. The summed E-state index contributed by atoms with van der Waals surface area (Å²) in [4.78, 5) is 49.8. The van der Waals surface area contributed by atoms with Gasteiger partial charge in [0, 0.05) is 43.0 Å². The summed E-state index contributed by atoms with van der Waals surface area (Å²) in [6.07, 6.45) is 5.08. The van der Waals surface area contributed by atoms with Gasteiger partial charge in [0.1, 0.15) is 17.3 Å². The Morgan fingerprint density at radius 2 is 1.80 bits per heavy atom. The Morgan fingerprint density at radius 3 is 2.47 bits per heavy atom. The molecule has 30 heavy (non-hydrogen) atoms. The first-order chi connectivity index (χ1) is 13.6. The van der Waals surface area contributed by atoms with Crippen LogP contribution in [-0.4, -0.2) is 23.3 Å². The van der Waals surface area contributed by atoms with Crippen LogP contribution in [-0.2, 0) is 19.2 Å². The van der Waals surface area contributed by atoms with Gasteiger partial charge in [-0.05, 0) is 67.1 Å². The quantitative estimate of drug-likeness (QED) is 0.580. The monoisotopic (exact) mass is 424 g/mol. The number of carboxylic acid groups (broad SMARTS) is 1. The van der Waals surface area contributed by atoms with E-state index in [1.165, 1.54) is 0 Å². The van der Waals surface area contributed by atoms with Crippen LogP contribution in [0, 0.1) is 46.3 Å². The Labute approximate surface area is 201 Å². The zero-order valence-corrected chi connectivity index (χ0v) is 20.9. The average molecular weight is 425 g/mol. The zero-order chi connectivity index (χ0) is 21.1. The molecule has 0 aliphatic heterocycles. The maximum Gasteiger partial charge on any atom is 1.00 e. The molecule has 0 radical (unpaired) electrons. The minimum atomic E-state index is -1.04. The number of hydrogen-bond donors (Lipinski definition) is 0. The third-order valence-corrected chi connectivity index (χ3v) is 9.71. The third-order valence-electron chi connectivity index (χ3n) is 9.71. The van der Waals surface area contributed by atoms with Crippen LogP contribution in [0.1, 0.15) is 78.6 Å². The van der Waals surface area contributed by atoms with Crippen LogP contribution in [0.2, 0.25) is 0 Å². The number of Topliss-reactive ketones (excluding diaryl/α,β-unsaturated/α-hetero) is 3. The molecule has 5 nitrogen and oxygen atoms in total. The van der Waals surface area contributed by atoms with Crippen LogP contribution in [0.4, 0.5) is 0 Å². The van der Waals surface area contributed by atoms with Gasteiger partial charge in [-0.1, -0.05) is 20.8 Å². The van der Waals surface area contributed by atoms with Gasteiger partial charge in [0.05, 0.1) is 0 Å². The SMILES string of the molecule is C[C@H](CCC(=O)[O-])[C@H]1CCC2C3C(=O)CC4CC(=O)CC[C@]4(C)C3CC(=O)[C@@]21C.[Na+]. The molecule has 4 aliphatic rings. The summed E-state index contributed by atoms with van der Waals surface area (Å²) in [7, 11) is 0. The van der Waals surface area contributed by atoms with E-state index < -0.39 is 11.4 Å². The Kier molecular flexibility index (Phi) is 6.79. The Balaban J connectivity index is 0.00000256. The molecule has 0 aromatic rings. The number of aliphatic carboxylic acids is 1. The zero-order valence-electron chi connectivity index (χ0n) is 18.9. The predicted molar refractivity (Wildman–Crippen MR) is 104 cm³/mol. The number of fused-ring (bicyclic) bond motifs is 5. The summed E-state index contributed by atoms with van der Waals surface area (Å²) in [6, 6.07) is 0. The fourth-order valence-corrected chi connectivity index (χ4v) is 7.94. The second kappa shape index (κ2) is 8.44. The fraction of sp³-hybridized carbons (Fsp3) is 0.833. The first kappa shape index (κ1) is 24.1. The fourth-order valence-electron chi connectivity index (χ4n) is 7.94. The molecule has 0 aromatic carbocycles. The smallest absolute Gasteiger partial charge is 0.550 e. The van der Waals surface area contributed by atoms with Crippen LogP contribution < -0.4 is 34.7 Å². The van der Waals surface area contributed by atoms with Crippen LogP contribution >= 0.6 is 0 Å². The van der Waals surface area contributed by atoms with Crippen molar-refractivity contribution in [3.8, 4) is 0 Å². The topological polar surface area (TPSA) is 91.3 Å². The molecule has 8 atom stereocenters. The minimum Gasteiger partial charge on any atom is -0.550 e. The van der Waals surface area contributed by atoms with Gasteiger partial charge in [-0.15, -0.1) is 0 Å². The standard InChI is InChI=1S/C24H34O5.Na/c1-13(4-7-21(28)29)16-5-6-17-22-18(12-20(27)24(16,17)3)23(2)9-8-15(25)10-14(23)11-19(22)26;/h13-14,16-18,22H,4-12H2,1-3H3,(H,28,29);/q;+1/p-1/t13-,14?,16-,17?,18?,22?,23+,24-;/m1./s1. The molecule has 6 heteroatoms. The average Bonchev–Trinajstić information content (AvgIpc) is 3.01. The van der Waals surface area contributed by atoms with Crippen molar-refractivity contribution < 1.29 is 53.8 Å². The largest absolute Gasteiger partial charge is 1.00 e. The molecule has 0 bridgehead atoms. The summed E-state index contributed by atoms with van der Waals surface area (Å²) in [5.74, 6) is 0.130. The molecule has 4 fully saturated rings. The summed E-state index contributed by atoms with van der Waals surface area (Å²) < 4.78 is 0. The summed E-state index contributed by atoms with van der Waals surface area (Å²) in [6.45, 7) is 6.32. The molecule has 4 aliphatic carbocycles. The van der Waals surface area contributed by atoms with Crippen molar-refractivity contribution in [2.45, 2.75) is 78.6 Å². The van der Waals surface area contributed by atoms with Crippen molar-refractivity contribution in [1.29, 1.82) is 0 Å². The normalized spacial score (nSPS) is 43.8. The molecule has 0 aromatic heterocycles. The number of carbonyl (C=O) groups excluding carboxylic acids is 4. The first-order valence-electron chi connectivity index (χ1n) is 11.4. The second-order valence-electron chi connectivity index (χ2n) is 10.8. The van der Waals surface area contributed by atoms with Gasteiger partial charge < -0.3 is 9.90 Å². The Morgan fingerprint density at radius 1 is 1.10 bits per heavy atom. The van der Waals surface area contributed by atoms with E-state index in [2.05, 4.69) is 13.8 Å². The molecular formula is C24H33NaO5. The summed E-state index contributed by atoms with van der Waals surface area (Å²) >= 11 is 0. The van der Waals surface area contributed by atoms with Gasteiger partial charge in [0.25, 0.3) is 0 Å². The molecule has 4 unspecified atom stereocenters. The number of carbonyl (C=O) groups is 4. The second-order valence-corrected chi connectivity index (χ2v) is 10.8. The molecule has 0 heterocycles. The molecule has 0 saturated heterocycles. The molecule has 4 saturated carbocycles. The Bertz CT molecular complexity index is 763. The van der Waals surface area contributed by atoms with E-state index in [0.29, 0.717) is 32.1 Å². The van der Waals surface area contributed by atoms with Crippen molar-refractivity contribution in [2.24, 2.45) is 46.3 Å². The molecule has 160 valence electrons. The number of carboxylic acids is 1. The predicted octanol–water partition coefficient (Wildman–Crippen LogP) is -0.257. The molecule has 0 spiro atoms. The van der Waals surface area contributed by atoms with E-state index in [4.69, 9.17) is 0 Å². The molecule has 4 rings (SSSR count). The number of hydrogen-bond acceptors (Lipinski definition) is 5. The van der Waals surface area contributed by atoms with Crippen LogP contribution in [0.5, 0.6) is 0 Å². The van der Waals surface area contributed by atoms with Gasteiger partial charge in [0.2, 0.25) is 0 Å². The van der Waals surface area contributed by atoms with E-state index in [-0.39, 0.29) is 94.3 Å². The molecule has 0 N–H and O–H groups in total. The minimum absolute atomic E-state index is 0. The van der Waals surface area contributed by atoms with Crippen LogP contribution in [0.15, 0.2) is 0 Å². The molecular weight excluding hydrogens is 391 g/mol. The number of rotatable bonds is 4. The van der Waals surface area contributed by atoms with E-state index in [1.54, 1.807) is 0 Å². The Hall–Kier alpha value is -0.520. The van der Waals surface area contributed by atoms with Crippen molar-refractivity contribution in [3.63, 3.8) is 0 Å². The van der Waals surface area contributed by atoms with Gasteiger partial charge in [-0.2, -0.15) is 0 Å². The maximum absolute atomic E-state index is 13.6. The van der Waals surface area contributed by atoms with E-state index >= 15 is 0 Å². The van der Waals surface area contributed by atoms with Crippen molar-refractivity contribution in [2.75, 3.05) is 0 Å². The van der Waals surface area contributed by atoms with Crippen molar-refractivity contribution >= 4 is 23.3 Å². The summed E-state index contributed by atoms with van der Waals surface area (Å²) in [5.41, 5.74) is -0.627. The van der Waals surface area contributed by atoms with E-state index in [9.17, 15) is 24.3 Å². The third kappa shape index (κ3) is 3.57.